The molecule has 0 aliphatic rings. The van der Waals surface area contributed by atoms with E-state index in [1.54, 1.807) is 0 Å². The molecule has 0 heterocycles. The normalized spacial score (nSPS) is 18.1. The molecule has 0 saturated heterocycles. The lowest BCUT2D eigenvalue weighted by Gasteiger charge is -2.30. The molecular weight excluding hydrogens is 215 g/mol. The van der Waals surface area contributed by atoms with Gasteiger partial charge < -0.3 is 14.8 Å². The van der Waals surface area contributed by atoms with Crippen LogP contribution in [0.5, 0.6) is 0 Å². The topological polar surface area (TPSA) is 47.6 Å². The zero-order valence-electron chi connectivity index (χ0n) is 8.94. The first-order valence-corrected chi connectivity index (χ1v) is 4.19. The highest BCUT2D eigenvalue weighted by molar-refractivity contribution is 5.82. The van der Waals surface area contributed by atoms with Crippen molar-refractivity contribution in [3.05, 3.63) is 0 Å². The molecule has 1 amide bonds. The molecule has 1 N–H and O–H groups in total. The maximum Gasteiger partial charge on any atom is 0.414 e. The van der Waals surface area contributed by atoms with E-state index < -0.39 is 24.0 Å². The summed E-state index contributed by atoms with van der Waals surface area (Å²) >= 11 is 0. The number of ether oxygens (including phenoxy) is 2. The highest BCUT2D eigenvalue weighted by atomic mass is 19.4. The molecule has 0 fully saturated rings. The van der Waals surface area contributed by atoms with E-state index in [9.17, 15) is 18.0 Å². The molecular formula is C8H14F3NO3. The fourth-order valence-electron chi connectivity index (χ4n) is 0.826. The molecule has 0 radical (unpaired) electrons. The Bertz CT molecular complexity index is 232. The first kappa shape index (κ1) is 14.2. The Balaban J connectivity index is 4.65. The number of hydrogen-bond acceptors (Lipinski definition) is 3. The van der Waals surface area contributed by atoms with Crippen molar-refractivity contribution in [1.82, 2.24) is 5.32 Å². The number of halogens is 3. The van der Waals surface area contributed by atoms with E-state index in [-0.39, 0.29) is 0 Å². The van der Waals surface area contributed by atoms with Gasteiger partial charge in [-0.3, -0.25) is 4.79 Å². The lowest BCUT2D eigenvalue weighted by atomic mass is 10.2. The van der Waals surface area contributed by atoms with Gasteiger partial charge in [0.15, 0.2) is 6.10 Å². The molecule has 0 saturated carbocycles. The Morgan fingerprint density at radius 3 is 2.13 bits per heavy atom. The first-order valence-electron chi connectivity index (χ1n) is 4.19. The summed E-state index contributed by atoms with van der Waals surface area (Å²) in [6, 6.07) is 0. The minimum atomic E-state index is -4.53. The van der Waals surface area contributed by atoms with Crippen LogP contribution in [0.3, 0.4) is 0 Å². The second-order valence-corrected chi connectivity index (χ2v) is 3.03. The third-order valence-electron chi connectivity index (χ3n) is 1.89. The van der Waals surface area contributed by atoms with Crippen LogP contribution in [0.25, 0.3) is 0 Å². The van der Waals surface area contributed by atoms with E-state index in [4.69, 9.17) is 0 Å². The maximum atomic E-state index is 12.2. The predicted octanol–water partition coefficient (Wildman–Crippen LogP) is 1.06. The van der Waals surface area contributed by atoms with Crippen molar-refractivity contribution in [2.24, 2.45) is 0 Å². The summed E-state index contributed by atoms with van der Waals surface area (Å²) in [4.78, 5) is 11.2. The lowest BCUT2D eigenvalue weighted by molar-refractivity contribution is -0.290. The molecule has 7 heteroatoms. The minimum absolute atomic E-state index is 0.777. The van der Waals surface area contributed by atoms with Gasteiger partial charge in [0.05, 0.1) is 0 Å². The van der Waals surface area contributed by atoms with Crippen LogP contribution >= 0.6 is 0 Å². The van der Waals surface area contributed by atoms with Gasteiger partial charge in [0.2, 0.25) is 5.79 Å². The average Bonchev–Trinajstić information content (AvgIpc) is 2.14. The van der Waals surface area contributed by atoms with Crippen molar-refractivity contribution in [2.45, 2.75) is 31.9 Å². The average molecular weight is 229 g/mol. The smallest absolute Gasteiger partial charge is 0.354 e. The van der Waals surface area contributed by atoms with Gasteiger partial charge in [0.1, 0.15) is 0 Å². The van der Waals surface area contributed by atoms with Gasteiger partial charge in [-0.25, -0.2) is 0 Å². The fourth-order valence-corrected chi connectivity index (χ4v) is 0.826. The molecule has 0 spiro atoms. The molecule has 0 aromatic rings. The number of nitrogens with one attached hydrogen (secondary N) is 1. The van der Waals surface area contributed by atoms with Crippen LogP contribution in [0.4, 0.5) is 13.2 Å². The van der Waals surface area contributed by atoms with Crippen LogP contribution in [0, 0.1) is 0 Å². The van der Waals surface area contributed by atoms with E-state index >= 15 is 0 Å². The molecule has 0 rings (SSSR count). The summed E-state index contributed by atoms with van der Waals surface area (Å²) in [7, 11) is 2.37. The summed E-state index contributed by atoms with van der Waals surface area (Å²) in [5, 5.41) is 2.16. The Labute approximate surface area is 85.7 Å². The van der Waals surface area contributed by atoms with Crippen molar-refractivity contribution in [2.75, 3.05) is 14.2 Å². The number of likely N-dealkylation sites (N-methyl/N-ethyl adjacent to an activating group) is 1. The van der Waals surface area contributed by atoms with Crippen molar-refractivity contribution < 1.29 is 27.4 Å². The fraction of sp³-hybridized carbons (Fsp3) is 0.875. The Kier molecular flexibility index (Phi) is 4.54. The molecule has 4 nitrogen and oxygen atoms in total. The number of amides is 1. The Morgan fingerprint density at radius 2 is 1.87 bits per heavy atom. The zero-order valence-corrected chi connectivity index (χ0v) is 8.94. The highest BCUT2D eigenvalue weighted by Crippen LogP contribution is 2.27. The largest absolute Gasteiger partial charge is 0.414 e. The van der Waals surface area contributed by atoms with Crippen LogP contribution in [-0.2, 0) is 14.3 Å². The van der Waals surface area contributed by atoms with Gasteiger partial charge >= 0.3 is 6.18 Å². The number of hydrogen-bond donors (Lipinski definition) is 1. The number of carbonyl (C=O) groups is 1. The van der Waals surface area contributed by atoms with Gasteiger partial charge in [0, 0.05) is 14.2 Å². The van der Waals surface area contributed by atoms with Crippen molar-refractivity contribution in [1.29, 1.82) is 0 Å². The van der Waals surface area contributed by atoms with Crippen LogP contribution in [0.2, 0.25) is 0 Å². The number of methoxy groups -OCH3 is 1. The highest BCUT2D eigenvalue weighted by Gasteiger charge is 2.45. The zero-order chi connectivity index (χ0) is 12.3. The third kappa shape index (κ3) is 3.67. The molecule has 0 bridgehead atoms. The van der Waals surface area contributed by atoms with Crippen LogP contribution in [0.15, 0.2) is 0 Å². The molecule has 15 heavy (non-hydrogen) atoms. The quantitative estimate of drug-likeness (QED) is 0.733. The number of alkyl halides is 3. The van der Waals surface area contributed by atoms with Crippen molar-refractivity contribution >= 4 is 5.91 Å². The molecule has 2 atom stereocenters. The minimum Gasteiger partial charge on any atom is -0.354 e. The van der Waals surface area contributed by atoms with Gasteiger partial charge in [-0.15, -0.1) is 0 Å². The number of carbonyl (C=O) groups excluding carboxylic acids is 1. The predicted molar refractivity (Wildman–Crippen MR) is 46.1 cm³/mol. The standard InChI is InChI=1S/C8H14F3NO3/c1-5(8(9,10)11)15-7(2,14-4)6(13)12-3/h5H,1-4H3,(H,12,13)/t5-,7?/m1/s1. The van der Waals surface area contributed by atoms with E-state index in [2.05, 4.69) is 14.8 Å². The molecule has 0 aliphatic carbocycles. The monoisotopic (exact) mass is 229 g/mol. The number of rotatable bonds is 4. The van der Waals surface area contributed by atoms with E-state index in [1.165, 1.54) is 7.05 Å². The van der Waals surface area contributed by atoms with Gasteiger partial charge in [0.25, 0.3) is 5.91 Å². The van der Waals surface area contributed by atoms with Crippen LogP contribution in [0.1, 0.15) is 13.8 Å². The van der Waals surface area contributed by atoms with E-state index in [0.29, 0.717) is 0 Å². The van der Waals surface area contributed by atoms with Crippen LogP contribution in [-0.4, -0.2) is 38.1 Å². The molecule has 0 aliphatic heterocycles. The van der Waals surface area contributed by atoms with Crippen LogP contribution < -0.4 is 5.32 Å². The van der Waals surface area contributed by atoms with E-state index in [0.717, 1.165) is 21.0 Å². The summed E-state index contributed by atoms with van der Waals surface area (Å²) in [6.45, 7) is 1.92. The lowest BCUT2D eigenvalue weighted by Crippen LogP contribution is -2.50. The second-order valence-electron chi connectivity index (χ2n) is 3.03. The summed E-state index contributed by atoms with van der Waals surface area (Å²) in [6.07, 6.45) is -6.62. The summed E-state index contributed by atoms with van der Waals surface area (Å²) in [5.74, 6) is -2.72. The van der Waals surface area contributed by atoms with Gasteiger partial charge in [-0.1, -0.05) is 0 Å². The molecule has 90 valence electrons. The first-order chi connectivity index (χ1) is 6.67. The second kappa shape index (κ2) is 4.80. The molecule has 0 aromatic carbocycles. The van der Waals surface area contributed by atoms with E-state index in [1.807, 2.05) is 0 Å². The Morgan fingerprint density at radius 1 is 1.40 bits per heavy atom. The SMILES string of the molecule is CNC(=O)C(C)(OC)O[C@H](C)C(F)(F)F. The molecule has 1 unspecified atom stereocenters. The third-order valence-corrected chi connectivity index (χ3v) is 1.89. The van der Waals surface area contributed by atoms with Crippen molar-refractivity contribution in [3.63, 3.8) is 0 Å². The van der Waals surface area contributed by atoms with Crippen molar-refractivity contribution in [3.8, 4) is 0 Å². The Hall–Kier alpha value is -0.820. The summed E-state index contributed by atoms with van der Waals surface area (Å²) in [5.41, 5.74) is 0. The summed E-state index contributed by atoms with van der Waals surface area (Å²) < 4.78 is 45.7. The van der Waals surface area contributed by atoms with Gasteiger partial charge in [-0.05, 0) is 13.8 Å². The maximum absolute atomic E-state index is 12.2. The molecule has 0 aromatic heterocycles. The van der Waals surface area contributed by atoms with Gasteiger partial charge in [-0.2, -0.15) is 13.2 Å².